The average Bonchev–Trinajstić information content (AvgIpc) is 3.39. The van der Waals surface area contributed by atoms with Gasteiger partial charge in [0.25, 0.3) is 0 Å². The number of carbonyl (C=O) groups excluding carboxylic acids is 2. The zero-order valence-electron chi connectivity index (χ0n) is 16.8. The Kier molecular flexibility index (Phi) is 5.23. The number of carbonyl (C=O) groups is 2. The normalized spacial score (nSPS) is 14.1. The summed E-state index contributed by atoms with van der Waals surface area (Å²) in [4.78, 5) is 32.6. The van der Waals surface area contributed by atoms with Crippen LogP contribution in [-0.2, 0) is 16.0 Å². The van der Waals surface area contributed by atoms with Gasteiger partial charge in [0.15, 0.2) is 0 Å². The molecule has 0 bridgehead atoms. The molecule has 3 aromatic rings. The first-order valence-electron chi connectivity index (χ1n) is 9.92. The monoisotopic (exact) mass is 401 g/mol. The molecule has 30 heavy (non-hydrogen) atoms. The molecule has 7 heteroatoms. The Bertz CT molecular complexity index is 1120. The topological polar surface area (TPSA) is 102 Å². The minimum atomic E-state index is -0.237. The molecule has 0 aliphatic heterocycles. The van der Waals surface area contributed by atoms with E-state index in [1.807, 2.05) is 48.7 Å². The Morgan fingerprint density at radius 2 is 2.10 bits per heavy atom. The third-order valence-electron chi connectivity index (χ3n) is 5.65. The van der Waals surface area contributed by atoms with Gasteiger partial charge in [-0.1, -0.05) is 24.3 Å². The van der Waals surface area contributed by atoms with Crippen LogP contribution in [0.5, 0.6) is 0 Å². The van der Waals surface area contributed by atoms with Crippen molar-refractivity contribution in [2.45, 2.75) is 19.3 Å². The van der Waals surface area contributed by atoms with Crippen LogP contribution in [0.2, 0.25) is 0 Å². The largest absolute Gasteiger partial charge is 0.369 e. The Morgan fingerprint density at radius 3 is 2.77 bits per heavy atom. The van der Waals surface area contributed by atoms with E-state index in [1.54, 1.807) is 7.05 Å². The fourth-order valence-corrected chi connectivity index (χ4v) is 3.44. The molecule has 1 saturated carbocycles. The lowest BCUT2D eigenvalue weighted by Crippen LogP contribution is -2.28. The number of nitriles is 1. The molecular weight excluding hydrogens is 378 g/mol. The molecular formula is C23H23N5O2. The van der Waals surface area contributed by atoms with Crippen molar-refractivity contribution in [3.05, 3.63) is 48.2 Å². The number of H-pyrrole nitrogens is 1. The summed E-state index contributed by atoms with van der Waals surface area (Å²) in [6, 6.07) is 13.8. The predicted molar refractivity (Wildman–Crippen MR) is 115 cm³/mol. The SMILES string of the molecule is CN(CC#N)C(=O)Cc1ccc(-c2cc(NCC3(C=O)CC3)nc3[nH]ccc23)cc1. The van der Waals surface area contributed by atoms with Gasteiger partial charge in [0, 0.05) is 30.6 Å². The maximum atomic E-state index is 12.2. The van der Waals surface area contributed by atoms with Crippen molar-refractivity contribution in [1.29, 1.82) is 5.26 Å². The van der Waals surface area contributed by atoms with E-state index >= 15 is 0 Å². The van der Waals surface area contributed by atoms with E-state index in [4.69, 9.17) is 5.26 Å². The van der Waals surface area contributed by atoms with Crippen LogP contribution in [0.1, 0.15) is 18.4 Å². The Morgan fingerprint density at radius 1 is 1.33 bits per heavy atom. The van der Waals surface area contributed by atoms with E-state index in [2.05, 4.69) is 15.3 Å². The number of hydrogen-bond acceptors (Lipinski definition) is 5. The minimum absolute atomic E-state index is 0.0839. The average molecular weight is 401 g/mol. The molecule has 7 nitrogen and oxygen atoms in total. The number of aromatic amines is 1. The first kappa shape index (κ1) is 19.6. The summed E-state index contributed by atoms with van der Waals surface area (Å²) in [5, 5.41) is 13.1. The van der Waals surface area contributed by atoms with E-state index in [0.29, 0.717) is 6.54 Å². The smallest absolute Gasteiger partial charge is 0.227 e. The highest BCUT2D eigenvalue weighted by Crippen LogP contribution is 2.43. The number of rotatable bonds is 8. The lowest BCUT2D eigenvalue weighted by molar-refractivity contribution is -0.128. The van der Waals surface area contributed by atoms with Gasteiger partial charge in [-0.2, -0.15) is 5.26 Å². The highest BCUT2D eigenvalue weighted by Gasteiger charge is 2.42. The van der Waals surface area contributed by atoms with Crippen LogP contribution in [0.3, 0.4) is 0 Å². The molecule has 1 aromatic carbocycles. The van der Waals surface area contributed by atoms with Crippen LogP contribution in [0.4, 0.5) is 5.82 Å². The number of fused-ring (bicyclic) bond motifs is 1. The lowest BCUT2D eigenvalue weighted by atomic mass is 10.0. The highest BCUT2D eigenvalue weighted by molar-refractivity contribution is 5.94. The molecule has 4 rings (SSSR count). The molecule has 0 atom stereocenters. The van der Waals surface area contributed by atoms with E-state index in [-0.39, 0.29) is 24.3 Å². The summed E-state index contributed by atoms with van der Waals surface area (Å²) in [7, 11) is 1.63. The number of pyridine rings is 1. The van der Waals surface area contributed by atoms with Crippen LogP contribution in [0.25, 0.3) is 22.2 Å². The maximum Gasteiger partial charge on any atom is 0.227 e. The summed E-state index contributed by atoms with van der Waals surface area (Å²) < 4.78 is 0. The number of anilines is 1. The quantitative estimate of drug-likeness (QED) is 0.446. The van der Waals surface area contributed by atoms with Crippen molar-refractivity contribution in [3.8, 4) is 17.2 Å². The van der Waals surface area contributed by atoms with Crippen molar-refractivity contribution < 1.29 is 9.59 Å². The lowest BCUT2D eigenvalue weighted by Gasteiger charge is -2.14. The standard InChI is InChI=1S/C23H23N5O2/c1-28(11-9-24)21(30)12-16-2-4-17(5-3-16)19-13-20(26-14-23(15-29)7-8-23)27-22-18(19)6-10-25-22/h2-6,10,13,15H,7-8,11-12,14H2,1H3,(H2,25,26,27). The van der Waals surface area contributed by atoms with Gasteiger partial charge in [0.2, 0.25) is 5.91 Å². The summed E-state index contributed by atoms with van der Waals surface area (Å²) in [5.74, 6) is 0.641. The number of aromatic nitrogens is 2. The fourth-order valence-electron chi connectivity index (χ4n) is 3.44. The van der Waals surface area contributed by atoms with Gasteiger partial charge in [-0.3, -0.25) is 4.79 Å². The van der Waals surface area contributed by atoms with Gasteiger partial charge in [0.05, 0.1) is 12.5 Å². The van der Waals surface area contributed by atoms with E-state index in [9.17, 15) is 9.59 Å². The molecule has 1 fully saturated rings. The molecule has 2 aromatic heterocycles. The number of nitrogens with zero attached hydrogens (tertiary/aromatic N) is 3. The second-order valence-electron chi connectivity index (χ2n) is 7.91. The van der Waals surface area contributed by atoms with Crippen LogP contribution in [0.15, 0.2) is 42.6 Å². The molecule has 0 radical (unpaired) electrons. The van der Waals surface area contributed by atoms with E-state index in [1.165, 1.54) is 4.90 Å². The molecule has 152 valence electrons. The number of nitrogens with one attached hydrogen (secondary N) is 2. The fraction of sp³-hybridized carbons (Fsp3) is 0.304. The first-order chi connectivity index (χ1) is 14.5. The summed E-state index contributed by atoms with van der Waals surface area (Å²) >= 11 is 0. The van der Waals surface area contributed by atoms with Crippen molar-refractivity contribution in [3.63, 3.8) is 0 Å². The van der Waals surface area contributed by atoms with Gasteiger partial charge < -0.3 is 20.0 Å². The molecule has 0 unspecified atom stereocenters. The predicted octanol–water partition coefficient (Wildman–Crippen LogP) is 3.15. The van der Waals surface area contributed by atoms with Crippen LogP contribution in [-0.4, -0.2) is 47.2 Å². The molecule has 0 spiro atoms. The number of amides is 1. The summed E-state index contributed by atoms with van der Waals surface area (Å²) in [6.45, 7) is 0.674. The third-order valence-corrected chi connectivity index (χ3v) is 5.65. The highest BCUT2D eigenvalue weighted by atomic mass is 16.2. The Hall–Kier alpha value is -3.66. The molecule has 1 aliphatic rings. The maximum absolute atomic E-state index is 12.2. The van der Waals surface area contributed by atoms with Gasteiger partial charge in [-0.15, -0.1) is 0 Å². The van der Waals surface area contributed by atoms with Crippen molar-refractivity contribution in [2.75, 3.05) is 25.5 Å². The van der Waals surface area contributed by atoms with Crippen molar-refractivity contribution in [1.82, 2.24) is 14.9 Å². The Balaban J connectivity index is 1.56. The van der Waals surface area contributed by atoms with Gasteiger partial charge in [0.1, 0.15) is 24.3 Å². The van der Waals surface area contributed by atoms with Crippen LogP contribution >= 0.6 is 0 Å². The zero-order chi connectivity index (χ0) is 21.1. The van der Waals surface area contributed by atoms with Crippen molar-refractivity contribution in [2.24, 2.45) is 5.41 Å². The Labute approximate surface area is 174 Å². The van der Waals surface area contributed by atoms with Gasteiger partial charge in [-0.25, -0.2) is 4.98 Å². The van der Waals surface area contributed by atoms with Crippen LogP contribution in [0, 0.1) is 16.7 Å². The molecule has 2 heterocycles. The van der Waals surface area contributed by atoms with Gasteiger partial charge >= 0.3 is 0 Å². The molecule has 1 aliphatic carbocycles. The van der Waals surface area contributed by atoms with Gasteiger partial charge in [-0.05, 0) is 41.7 Å². The third kappa shape index (κ3) is 4.03. The van der Waals surface area contributed by atoms with Crippen molar-refractivity contribution >= 4 is 29.0 Å². The minimum Gasteiger partial charge on any atom is -0.369 e. The molecule has 0 saturated heterocycles. The zero-order valence-corrected chi connectivity index (χ0v) is 16.8. The number of benzene rings is 1. The summed E-state index contributed by atoms with van der Waals surface area (Å²) in [6.07, 6.45) is 5.00. The molecule has 1 amide bonds. The number of likely N-dealkylation sites (N-methyl/N-ethyl adjacent to an activating group) is 1. The second-order valence-corrected chi connectivity index (χ2v) is 7.91. The second kappa shape index (κ2) is 7.99. The first-order valence-corrected chi connectivity index (χ1v) is 9.92. The van der Waals surface area contributed by atoms with E-state index in [0.717, 1.165) is 52.7 Å². The summed E-state index contributed by atoms with van der Waals surface area (Å²) in [5.41, 5.74) is 3.48. The molecule has 2 N–H and O–H groups in total. The van der Waals surface area contributed by atoms with Crippen LogP contribution < -0.4 is 5.32 Å². The van der Waals surface area contributed by atoms with E-state index < -0.39 is 0 Å². The number of aldehydes is 1. The number of hydrogen-bond donors (Lipinski definition) is 2.